The Balaban J connectivity index is 2.84. The molecule has 0 heterocycles. The van der Waals surface area contributed by atoms with Gasteiger partial charge < -0.3 is 14.2 Å². The number of hydrogen-bond donors (Lipinski definition) is 0. The largest absolute Gasteiger partial charge is 0.493 e. The number of esters is 1. The van der Waals surface area contributed by atoms with Gasteiger partial charge >= 0.3 is 5.97 Å². The standard InChI is InChI=1S/C13H15NO4/c1-4-17-13(15)9(2)18-11-6-5-10(8-14)7-12(11)16-3/h5-7,9H,4H2,1-3H3/t9-/m1/s1. The predicted molar refractivity (Wildman–Crippen MR) is 64.4 cm³/mol. The van der Waals surface area contributed by atoms with Gasteiger partial charge in [-0.25, -0.2) is 4.79 Å². The van der Waals surface area contributed by atoms with Crippen LogP contribution in [0.1, 0.15) is 19.4 Å². The summed E-state index contributed by atoms with van der Waals surface area (Å²) in [4.78, 5) is 11.4. The summed E-state index contributed by atoms with van der Waals surface area (Å²) in [6.45, 7) is 3.62. The molecule has 0 radical (unpaired) electrons. The summed E-state index contributed by atoms with van der Waals surface area (Å²) >= 11 is 0. The lowest BCUT2D eigenvalue weighted by Gasteiger charge is -2.15. The van der Waals surface area contributed by atoms with E-state index in [4.69, 9.17) is 19.5 Å². The maximum Gasteiger partial charge on any atom is 0.347 e. The van der Waals surface area contributed by atoms with Crippen molar-refractivity contribution in [2.24, 2.45) is 0 Å². The van der Waals surface area contributed by atoms with E-state index in [-0.39, 0.29) is 0 Å². The Hall–Kier alpha value is -2.22. The fourth-order valence-corrected chi connectivity index (χ4v) is 1.33. The zero-order chi connectivity index (χ0) is 13.5. The van der Waals surface area contributed by atoms with Crippen LogP contribution in [-0.2, 0) is 9.53 Å². The summed E-state index contributed by atoms with van der Waals surface area (Å²) in [5, 5.41) is 8.77. The average Bonchev–Trinajstić information content (AvgIpc) is 2.39. The highest BCUT2D eigenvalue weighted by atomic mass is 16.6. The second-order valence-electron chi connectivity index (χ2n) is 3.49. The molecular weight excluding hydrogens is 234 g/mol. The average molecular weight is 249 g/mol. The number of nitriles is 1. The number of methoxy groups -OCH3 is 1. The van der Waals surface area contributed by atoms with Gasteiger partial charge in [-0.2, -0.15) is 5.26 Å². The molecule has 0 aliphatic carbocycles. The van der Waals surface area contributed by atoms with Gasteiger partial charge in [-0.15, -0.1) is 0 Å². The van der Waals surface area contributed by atoms with Crippen LogP contribution in [0.4, 0.5) is 0 Å². The Bertz CT molecular complexity index is 465. The van der Waals surface area contributed by atoms with Crippen LogP contribution in [-0.4, -0.2) is 25.8 Å². The molecule has 1 rings (SSSR count). The fraction of sp³-hybridized carbons (Fsp3) is 0.385. The number of nitrogens with zero attached hydrogens (tertiary/aromatic N) is 1. The third-order valence-corrected chi connectivity index (χ3v) is 2.21. The second kappa shape index (κ2) is 6.50. The van der Waals surface area contributed by atoms with Gasteiger partial charge in [0.15, 0.2) is 17.6 Å². The first kappa shape index (κ1) is 13.8. The summed E-state index contributed by atoms with van der Waals surface area (Å²) in [5.41, 5.74) is 0.461. The molecule has 1 atom stereocenters. The molecule has 0 saturated heterocycles. The number of rotatable bonds is 5. The second-order valence-corrected chi connectivity index (χ2v) is 3.49. The lowest BCUT2D eigenvalue weighted by atomic mass is 10.2. The van der Waals surface area contributed by atoms with E-state index in [1.165, 1.54) is 7.11 Å². The molecule has 0 spiro atoms. The molecule has 96 valence electrons. The van der Waals surface area contributed by atoms with Gasteiger partial charge in [0.2, 0.25) is 0 Å². The van der Waals surface area contributed by atoms with E-state index in [2.05, 4.69) is 0 Å². The first-order chi connectivity index (χ1) is 8.62. The zero-order valence-electron chi connectivity index (χ0n) is 10.6. The van der Waals surface area contributed by atoms with Crippen molar-refractivity contribution in [3.63, 3.8) is 0 Å². The molecule has 0 aromatic heterocycles. The topological polar surface area (TPSA) is 68.5 Å². The van der Waals surface area contributed by atoms with Gasteiger partial charge in [0.25, 0.3) is 0 Å². The molecule has 5 heteroatoms. The van der Waals surface area contributed by atoms with Crippen LogP contribution in [0.3, 0.4) is 0 Å². The van der Waals surface area contributed by atoms with Crippen LogP contribution in [0.2, 0.25) is 0 Å². The molecule has 1 aromatic rings. The van der Waals surface area contributed by atoms with E-state index in [0.717, 1.165) is 0 Å². The summed E-state index contributed by atoms with van der Waals surface area (Å²) in [5.74, 6) is 0.367. The Kier molecular flexibility index (Phi) is 5.00. The predicted octanol–water partition coefficient (Wildman–Crippen LogP) is 1.90. The third kappa shape index (κ3) is 3.39. The highest BCUT2D eigenvalue weighted by Gasteiger charge is 2.17. The smallest absolute Gasteiger partial charge is 0.347 e. The zero-order valence-corrected chi connectivity index (χ0v) is 10.6. The summed E-state index contributed by atoms with van der Waals surface area (Å²) < 4.78 is 15.4. The molecule has 1 aromatic carbocycles. The maximum atomic E-state index is 11.4. The first-order valence-electron chi connectivity index (χ1n) is 5.53. The minimum Gasteiger partial charge on any atom is -0.493 e. The van der Waals surface area contributed by atoms with Crippen LogP contribution in [0.15, 0.2) is 18.2 Å². The van der Waals surface area contributed by atoms with Crippen LogP contribution >= 0.6 is 0 Å². The number of hydrogen-bond acceptors (Lipinski definition) is 5. The molecule has 0 saturated carbocycles. The SMILES string of the molecule is CCOC(=O)[C@@H](C)Oc1ccc(C#N)cc1OC. The van der Waals surface area contributed by atoms with Crippen molar-refractivity contribution in [3.05, 3.63) is 23.8 Å². The van der Waals surface area contributed by atoms with E-state index in [9.17, 15) is 4.79 Å². The monoisotopic (exact) mass is 249 g/mol. The van der Waals surface area contributed by atoms with Crippen LogP contribution in [0, 0.1) is 11.3 Å². The third-order valence-electron chi connectivity index (χ3n) is 2.21. The Labute approximate surface area is 106 Å². The molecule has 0 N–H and O–H groups in total. The minimum absolute atomic E-state index is 0.303. The van der Waals surface area contributed by atoms with Gasteiger partial charge in [0.1, 0.15) is 0 Å². The number of benzene rings is 1. The maximum absolute atomic E-state index is 11.4. The van der Waals surface area contributed by atoms with Crippen molar-refractivity contribution < 1.29 is 19.0 Å². The number of carbonyl (C=O) groups is 1. The molecule has 0 aliphatic rings. The van der Waals surface area contributed by atoms with Crippen LogP contribution < -0.4 is 9.47 Å². The van der Waals surface area contributed by atoms with E-state index in [1.54, 1.807) is 32.0 Å². The Morgan fingerprint density at radius 2 is 2.17 bits per heavy atom. The Morgan fingerprint density at radius 3 is 2.72 bits per heavy atom. The van der Waals surface area contributed by atoms with Crippen molar-refractivity contribution in [2.45, 2.75) is 20.0 Å². The molecule has 0 unspecified atom stereocenters. The Morgan fingerprint density at radius 1 is 1.44 bits per heavy atom. The minimum atomic E-state index is -0.730. The van der Waals surface area contributed by atoms with Crippen LogP contribution in [0.5, 0.6) is 11.5 Å². The van der Waals surface area contributed by atoms with Gasteiger partial charge in [0, 0.05) is 6.07 Å². The van der Waals surface area contributed by atoms with E-state index in [1.807, 2.05) is 6.07 Å². The van der Waals surface area contributed by atoms with Crippen molar-refractivity contribution in [3.8, 4) is 17.6 Å². The summed E-state index contributed by atoms with van der Waals surface area (Å²) in [6.07, 6.45) is -0.730. The molecule has 0 aliphatic heterocycles. The first-order valence-corrected chi connectivity index (χ1v) is 5.53. The highest BCUT2D eigenvalue weighted by Crippen LogP contribution is 2.28. The fourth-order valence-electron chi connectivity index (χ4n) is 1.33. The van der Waals surface area contributed by atoms with Crippen LogP contribution in [0.25, 0.3) is 0 Å². The van der Waals surface area contributed by atoms with Crippen molar-refractivity contribution in [1.82, 2.24) is 0 Å². The van der Waals surface area contributed by atoms with Crippen molar-refractivity contribution in [1.29, 1.82) is 5.26 Å². The van der Waals surface area contributed by atoms with Gasteiger partial charge in [-0.1, -0.05) is 0 Å². The number of carbonyl (C=O) groups excluding carboxylic acids is 1. The van der Waals surface area contributed by atoms with Gasteiger partial charge in [-0.05, 0) is 26.0 Å². The molecule has 0 bridgehead atoms. The van der Waals surface area contributed by atoms with E-state index in [0.29, 0.717) is 23.7 Å². The normalized spacial score (nSPS) is 11.2. The quantitative estimate of drug-likeness (QED) is 0.745. The van der Waals surface area contributed by atoms with Crippen molar-refractivity contribution in [2.75, 3.05) is 13.7 Å². The number of ether oxygens (including phenoxy) is 3. The van der Waals surface area contributed by atoms with Gasteiger partial charge in [0.05, 0.1) is 25.3 Å². The highest BCUT2D eigenvalue weighted by molar-refractivity contribution is 5.74. The molecule has 0 fully saturated rings. The van der Waals surface area contributed by atoms with Crippen molar-refractivity contribution >= 4 is 5.97 Å². The van der Waals surface area contributed by atoms with E-state index < -0.39 is 12.1 Å². The lowest BCUT2D eigenvalue weighted by molar-refractivity contribution is -0.150. The molecular formula is C13H15NO4. The summed E-state index contributed by atoms with van der Waals surface area (Å²) in [6, 6.07) is 6.73. The van der Waals surface area contributed by atoms with Gasteiger partial charge in [-0.3, -0.25) is 0 Å². The molecule has 0 amide bonds. The molecule has 5 nitrogen and oxygen atoms in total. The lowest BCUT2D eigenvalue weighted by Crippen LogP contribution is -2.26. The molecule has 18 heavy (non-hydrogen) atoms. The summed E-state index contributed by atoms with van der Waals surface area (Å²) in [7, 11) is 1.47. The van der Waals surface area contributed by atoms with E-state index >= 15 is 0 Å².